The van der Waals surface area contributed by atoms with E-state index in [4.69, 9.17) is 0 Å². The van der Waals surface area contributed by atoms with Crippen molar-refractivity contribution < 1.29 is 14.5 Å². The van der Waals surface area contributed by atoms with E-state index in [1.54, 1.807) is 24.0 Å². The first-order valence-corrected chi connectivity index (χ1v) is 12.5. The molecule has 1 atom stereocenters. The van der Waals surface area contributed by atoms with E-state index in [2.05, 4.69) is 5.32 Å². The average Bonchev–Trinajstić information content (AvgIpc) is 3.33. The first-order chi connectivity index (χ1) is 15.9. The number of non-ortho nitro benzene ring substituents is 1. The van der Waals surface area contributed by atoms with Gasteiger partial charge in [-0.15, -0.1) is 11.8 Å². The van der Waals surface area contributed by atoms with Crippen LogP contribution in [0, 0.1) is 10.1 Å². The fourth-order valence-electron chi connectivity index (χ4n) is 4.02. The zero-order valence-corrected chi connectivity index (χ0v) is 19.8. The van der Waals surface area contributed by atoms with Gasteiger partial charge in [-0.1, -0.05) is 55.3 Å². The quantitative estimate of drug-likeness (QED) is 0.390. The van der Waals surface area contributed by atoms with Gasteiger partial charge < -0.3 is 10.2 Å². The number of nitrogens with zero attached hydrogens (tertiary/aromatic N) is 2. The van der Waals surface area contributed by atoms with Gasteiger partial charge in [-0.3, -0.25) is 19.7 Å². The van der Waals surface area contributed by atoms with Crippen LogP contribution in [-0.4, -0.2) is 46.0 Å². The number of carbonyl (C=O) groups is 2. The van der Waals surface area contributed by atoms with Gasteiger partial charge in [0.15, 0.2) is 0 Å². The number of nitrogens with one attached hydrogen (secondary N) is 1. The van der Waals surface area contributed by atoms with Crippen LogP contribution < -0.4 is 5.32 Å². The molecule has 0 aliphatic heterocycles. The number of amides is 2. The minimum absolute atomic E-state index is 0.0500. The van der Waals surface area contributed by atoms with Gasteiger partial charge in [-0.05, 0) is 37.3 Å². The number of hydrogen-bond acceptors (Lipinski definition) is 5. The molecular weight excluding hydrogens is 438 g/mol. The Kier molecular flexibility index (Phi) is 9.30. The largest absolute Gasteiger partial charge is 0.352 e. The SMILES string of the molecule is CC(C(=O)NC1CCCC1)N(CCc1ccccc1)C(=O)CSCc1ccc([N+](=O)[O-])cc1. The molecule has 2 amide bonds. The van der Waals surface area contributed by atoms with E-state index in [9.17, 15) is 19.7 Å². The van der Waals surface area contributed by atoms with E-state index in [-0.39, 0.29) is 29.3 Å². The molecule has 1 aliphatic rings. The predicted octanol–water partition coefficient (Wildman–Crippen LogP) is 4.35. The summed E-state index contributed by atoms with van der Waals surface area (Å²) in [6.45, 7) is 2.27. The number of rotatable bonds is 11. The van der Waals surface area contributed by atoms with Crippen molar-refractivity contribution in [3.8, 4) is 0 Å². The van der Waals surface area contributed by atoms with Gasteiger partial charge in [-0.25, -0.2) is 0 Å². The van der Waals surface area contributed by atoms with Gasteiger partial charge in [0.25, 0.3) is 5.69 Å². The lowest BCUT2D eigenvalue weighted by Gasteiger charge is -2.29. The zero-order chi connectivity index (χ0) is 23.6. The number of thioether (sulfide) groups is 1. The lowest BCUT2D eigenvalue weighted by atomic mass is 10.1. The van der Waals surface area contributed by atoms with Gasteiger partial charge >= 0.3 is 0 Å². The number of nitro benzene ring substituents is 1. The summed E-state index contributed by atoms with van der Waals surface area (Å²) in [7, 11) is 0. The molecule has 2 aromatic rings. The fraction of sp³-hybridized carbons (Fsp3) is 0.440. The van der Waals surface area contributed by atoms with E-state index in [0.717, 1.165) is 36.8 Å². The van der Waals surface area contributed by atoms with E-state index in [0.29, 0.717) is 18.7 Å². The second kappa shape index (κ2) is 12.4. The Bertz CT molecular complexity index is 930. The molecule has 0 aromatic heterocycles. The van der Waals surface area contributed by atoms with Gasteiger partial charge in [0.1, 0.15) is 6.04 Å². The smallest absolute Gasteiger partial charge is 0.269 e. The van der Waals surface area contributed by atoms with Crippen LogP contribution in [0.3, 0.4) is 0 Å². The molecule has 33 heavy (non-hydrogen) atoms. The Morgan fingerprint density at radius 2 is 1.76 bits per heavy atom. The minimum atomic E-state index is -0.540. The van der Waals surface area contributed by atoms with E-state index in [1.807, 2.05) is 30.3 Å². The molecule has 2 aromatic carbocycles. The second-order valence-corrected chi connectivity index (χ2v) is 9.39. The zero-order valence-electron chi connectivity index (χ0n) is 18.9. The fourth-order valence-corrected chi connectivity index (χ4v) is 4.89. The lowest BCUT2D eigenvalue weighted by Crippen LogP contribution is -2.51. The molecule has 1 fully saturated rings. The Labute approximate surface area is 199 Å². The Hall–Kier alpha value is -2.87. The summed E-state index contributed by atoms with van der Waals surface area (Å²) in [5.41, 5.74) is 2.09. The Balaban J connectivity index is 1.58. The summed E-state index contributed by atoms with van der Waals surface area (Å²) < 4.78 is 0. The molecule has 7 nitrogen and oxygen atoms in total. The van der Waals surface area contributed by atoms with E-state index >= 15 is 0 Å². The number of benzene rings is 2. The van der Waals surface area contributed by atoms with Crippen LogP contribution in [0.1, 0.15) is 43.7 Å². The van der Waals surface area contributed by atoms with Crippen molar-refractivity contribution in [1.29, 1.82) is 0 Å². The van der Waals surface area contributed by atoms with Gasteiger partial charge in [0.2, 0.25) is 11.8 Å². The highest BCUT2D eigenvalue weighted by Crippen LogP contribution is 2.20. The standard InChI is InChI=1S/C25H31N3O4S/c1-19(25(30)26-22-9-5-6-10-22)27(16-15-20-7-3-2-4-8-20)24(29)18-33-17-21-11-13-23(14-12-21)28(31)32/h2-4,7-8,11-14,19,22H,5-6,9-10,15-18H2,1H3,(H,26,30). The van der Waals surface area contributed by atoms with Gasteiger partial charge in [0, 0.05) is 30.5 Å². The Morgan fingerprint density at radius 3 is 2.39 bits per heavy atom. The van der Waals surface area contributed by atoms with Crippen molar-refractivity contribution in [3.05, 3.63) is 75.8 Å². The summed E-state index contributed by atoms with van der Waals surface area (Å²) >= 11 is 1.45. The first-order valence-electron chi connectivity index (χ1n) is 11.4. The first kappa shape index (κ1) is 24.8. The lowest BCUT2D eigenvalue weighted by molar-refractivity contribution is -0.384. The van der Waals surface area contributed by atoms with Crippen molar-refractivity contribution in [3.63, 3.8) is 0 Å². The highest BCUT2D eigenvalue weighted by molar-refractivity contribution is 7.99. The summed E-state index contributed by atoms with van der Waals surface area (Å²) in [5.74, 6) is 0.641. The van der Waals surface area contributed by atoms with E-state index in [1.165, 1.54) is 23.9 Å². The third-order valence-corrected chi connectivity index (χ3v) is 6.98. The number of carbonyl (C=O) groups excluding carboxylic acids is 2. The molecule has 0 heterocycles. The number of hydrogen-bond donors (Lipinski definition) is 1. The van der Waals surface area contributed by atoms with Crippen molar-refractivity contribution >= 4 is 29.3 Å². The van der Waals surface area contributed by atoms with E-state index < -0.39 is 11.0 Å². The van der Waals surface area contributed by atoms with Crippen LogP contribution in [0.15, 0.2) is 54.6 Å². The van der Waals surface area contributed by atoms with Crippen molar-refractivity contribution in [1.82, 2.24) is 10.2 Å². The maximum absolute atomic E-state index is 13.1. The molecular formula is C25H31N3O4S. The maximum atomic E-state index is 13.1. The molecule has 0 radical (unpaired) electrons. The summed E-state index contributed by atoms with van der Waals surface area (Å²) in [6.07, 6.45) is 4.95. The molecule has 176 valence electrons. The normalized spacial score (nSPS) is 14.6. The van der Waals surface area contributed by atoms with Crippen LogP contribution in [0.4, 0.5) is 5.69 Å². The molecule has 8 heteroatoms. The molecule has 1 aliphatic carbocycles. The highest BCUT2D eigenvalue weighted by atomic mass is 32.2. The molecule has 3 rings (SSSR count). The molecule has 1 N–H and O–H groups in total. The molecule has 0 saturated heterocycles. The second-order valence-electron chi connectivity index (χ2n) is 8.41. The predicted molar refractivity (Wildman–Crippen MR) is 131 cm³/mol. The summed E-state index contributed by atoms with van der Waals surface area (Å²) in [4.78, 5) is 38.0. The third kappa shape index (κ3) is 7.60. The molecule has 0 bridgehead atoms. The monoisotopic (exact) mass is 469 g/mol. The maximum Gasteiger partial charge on any atom is 0.269 e. The topological polar surface area (TPSA) is 92.6 Å². The van der Waals surface area contributed by atoms with Crippen LogP contribution >= 0.6 is 11.8 Å². The van der Waals surface area contributed by atoms with Crippen LogP contribution in [0.2, 0.25) is 0 Å². The molecule has 0 spiro atoms. The van der Waals surface area contributed by atoms with Crippen LogP contribution in [0.5, 0.6) is 0 Å². The third-order valence-electron chi connectivity index (χ3n) is 5.99. The van der Waals surface area contributed by atoms with Crippen molar-refractivity contribution in [2.45, 2.75) is 56.9 Å². The Morgan fingerprint density at radius 1 is 1.09 bits per heavy atom. The number of nitro groups is 1. The van der Waals surface area contributed by atoms with Crippen molar-refractivity contribution in [2.24, 2.45) is 0 Å². The van der Waals surface area contributed by atoms with Crippen LogP contribution in [0.25, 0.3) is 0 Å². The van der Waals surface area contributed by atoms with Gasteiger partial charge in [0.05, 0.1) is 10.7 Å². The summed E-state index contributed by atoms with van der Waals surface area (Å²) in [5, 5.41) is 13.9. The van der Waals surface area contributed by atoms with Crippen molar-refractivity contribution in [2.75, 3.05) is 12.3 Å². The van der Waals surface area contributed by atoms with Gasteiger partial charge in [-0.2, -0.15) is 0 Å². The average molecular weight is 470 g/mol. The minimum Gasteiger partial charge on any atom is -0.352 e. The molecule has 1 unspecified atom stereocenters. The molecule has 1 saturated carbocycles. The summed E-state index contributed by atoms with van der Waals surface area (Å²) in [6, 6.07) is 16.0. The highest BCUT2D eigenvalue weighted by Gasteiger charge is 2.28. The van der Waals surface area contributed by atoms with Crippen LogP contribution in [-0.2, 0) is 21.8 Å².